The third-order valence-electron chi connectivity index (χ3n) is 6.84. The van der Waals surface area contributed by atoms with Crippen molar-refractivity contribution in [2.24, 2.45) is 11.8 Å². The monoisotopic (exact) mass is 435 g/mol. The maximum Gasteiger partial charge on any atom is 0.259 e. The molecule has 4 heterocycles. The number of halogens is 1. The SMILES string of the molecule is O=C(c1c(F)cccc1-n1nccn1)N1CC2CN(c3nc4c(c(=O)[nH]3)CCC4)CC2C1. The molecule has 1 aliphatic carbocycles. The van der Waals surface area contributed by atoms with Crippen LogP contribution in [0, 0.1) is 17.7 Å². The molecule has 164 valence electrons. The van der Waals surface area contributed by atoms with Gasteiger partial charge in [0.1, 0.15) is 17.1 Å². The van der Waals surface area contributed by atoms with Crippen LogP contribution >= 0.6 is 0 Å². The van der Waals surface area contributed by atoms with E-state index < -0.39 is 5.82 Å². The summed E-state index contributed by atoms with van der Waals surface area (Å²) in [6.45, 7) is 2.49. The Labute approximate surface area is 182 Å². The molecule has 2 fully saturated rings. The molecule has 32 heavy (non-hydrogen) atoms. The number of amides is 1. The Morgan fingerprint density at radius 1 is 1.06 bits per heavy atom. The number of carbonyl (C=O) groups excluding carboxylic acids is 1. The number of nitrogens with one attached hydrogen (secondary N) is 1. The van der Waals surface area contributed by atoms with Crippen LogP contribution in [0.1, 0.15) is 28.0 Å². The standard InChI is InChI=1S/C22H22FN7O2/c23-16-4-2-6-18(30-24-7-8-25-30)19(16)21(32)28-9-13-11-29(12-14(13)10-28)22-26-17-5-1-3-15(17)20(31)27-22/h2,4,6-8,13-14H,1,3,5,9-12H2,(H,26,27,31). The predicted octanol–water partition coefficient (Wildman–Crippen LogP) is 1.19. The Morgan fingerprint density at radius 3 is 2.56 bits per heavy atom. The smallest absolute Gasteiger partial charge is 0.259 e. The molecule has 3 aromatic rings. The van der Waals surface area contributed by atoms with Crippen molar-refractivity contribution >= 4 is 11.9 Å². The molecule has 2 aromatic heterocycles. The summed E-state index contributed by atoms with van der Waals surface area (Å²) in [5.41, 5.74) is 2.02. The number of rotatable bonds is 3. The molecule has 2 atom stereocenters. The second kappa shape index (κ2) is 7.25. The highest BCUT2D eigenvalue weighted by Gasteiger charge is 2.43. The topological polar surface area (TPSA) is 100 Å². The first-order chi connectivity index (χ1) is 15.6. The van der Waals surface area contributed by atoms with Gasteiger partial charge in [0.2, 0.25) is 5.95 Å². The van der Waals surface area contributed by atoms with Crippen LogP contribution in [0.15, 0.2) is 35.4 Å². The fourth-order valence-corrected chi connectivity index (χ4v) is 5.30. The van der Waals surface area contributed by atoms with Crippen molar-refractivity contribution in [1.29, 1.82) is 0 Å². The molecule has 10 heteroatoms. The fraction of sp³-hybridized carbons (Fsp3) is 0.409. The number of benzene rings is 1. The number of anilines is 1. The van der Waals surface area contributed by atoms with E-state index >= 15 is 0 Å². The fourth-order valence-electron chi connectivity index (χ4n) is 5.30. The van der Waals surface area contributed by atoms with Crippen molar-refractivity contribution in [3.8, 4) is 5.69 Å². The van der Waals surface area contributed by atoms with Gasteiger partial charge in [-0.3, -0.25) is 14.6 Å². The van der Waals surface area contributed by atoms with Crippen LogP contribution in [-0.2, 0) is 12.8 Å². The largest absolute Gasteiger partial charge is 0.342 e. The molecule has 6 rings (SSSR count). The minimum absolute atomic E-state index is 0.00912. The Balaban J connectivity index is 1.21. The zero-order valence-corrected chi connectivity index (χ0v) is 17.4. The average molecular weight is 435 g/mol. The normalized spacial score (nSPS) is 21.8. The van der Waals surface area contributed by atoms with Crippen molar-refractivity contribution in [1.82, 2.24) is 29.9 Å². The van der Waals surface area contributed by atoms with Gasteiger partial charge in [-0.2, -0.15) is 15.0 Å². The number of aromatic nitrogens is 5. The van der Waals surface area contributed by atoms with Gasteiger partial charge >= 0.3 is 0 Å². The highest BCUT2D eigenvalue weighted by atomic mass is 19.1. The Bertz CT molecular complexity index is 1240. The number of likely N-dealkylation sites (tertiary alicyclic amines) is 1. The molecular formula is C22H22FN7O2. The summed E-state index contributed by atoms with van der Waals surface area (Å²) in [5.74, 6) is 0.194. The molecule has 0 bridgehead atoms. The van der Waals surface area contributed by atoms with Gasteiger partial charge in [0.15, 0.2) is 0 Å². The lowest BCUT2D eigenvalue weighted by molar-refractivity contribution is 0.0777. The van der Waals surface area contributed by atoms with Crippen molar-refractivity contribution in [3.63, 3.8) is 0 Å². The Hall–Kier alpha value is -3.56. The number of aromatic amines is 1. The third-order valence-corrected chi connectivity index (χ3v) is 6.84. The van der Waals surface area contributed by atoms with E-state index in [0.29, 0.717) is 37.8 Å². The molecule has 1 aromatic carbocycles. The number of fused-ring (bicyclic) bond motifs is 2. The zero-order chi connectivity index (χ0) is 21.8. The summed E-state index contributed by atoms with van der Waals surface area (Å²) in [6, 6.07) is 4.48. The maximum absolute atomic E-state index is 14.7. The quantitative estimate of drug-likeness (QED) is 0.663. The van der Waals surface area contributed by atoms with Crippen LogP contribution in [0.3, 0.4) is 0 Å². The lowest BCUT2D eigenvalue weighted by atomic mass is 10.0. The molecule has 0 radical (unpaired) electrons. The third kappa shape index (κ3) is 3.01. The van der Waals surface area contributed by atoms with Crippen LogP contribution in [0.25, 0.3) is 5.69 Å². The van der Waals surface area contributed by atoms with Crippen molar-refractivity contribution in [2.45, 2.75) is 19.3 Å². The van der Waals surface area contributed by atoms with Crippen molar-refractivity contribution in [3.05, 3.63) is 63.6 Å². The average Bonchev–Trinajstić information content (AvgIpc) is 3.56. The van der Waals surface area contributed by atoms with E-state index in [1.165, 1.54) is 23.3 Å². The summed E-state index contributed by atoms with van der Waals surface area (Å²) >= 11 is 0. The number of nitrogens with zero attached hydrogens (tertiary/aromatic N) is 6. The van der Waals surface area contributed by atoms with E-state index in [9.17, 15) is 14.0 Å². The second-order valence-corrected chi connectivity index (χ2v) is 8.76. The molecule has 1 amide bonds. The summed E-state index contributed by atoms with van der Waals surface area (Å²) in [7, 11) is 0. The Kier molecular flexibility index (Phi) is 4.34. The van der Waals surface area contributed by atoms with E-state index in [0.717, 1.165) is 30.5 Å². The van der Waals surface area contributed by atoms with E-state index in [1.54, 1.807) is 17.0 Å². The predicted molar refractivity (Wildman–Crippen MR) is 113 cm³/mol. The maximum atomic E-state index is 14.7. The first-order valence-corrected chi connectivity index (χ1v) is 10.9. The van der Waals surface area contributed by atoms with Crippen molar-refractivity contribution < 1.29 is 9.18 Å². The second-order valence-electron chi connectivity index (χ2n) is 8.76. The van der Waals surface area contributed by atoms with Crippen LogP contribution in [0.4, 0.5) is 10.3 Å². The van der Waals surface area contributed by atoms with Crippen molar-refractivity contribution in [2.75, 3.05) is 31.1 Å². The van der Waals surface area contributed by atoms with E-state index in [1.807, 2.05) is 0 Å². The van der Waals surface area contributed by atoms with Gasteiger partial charge in [-0.25, -0.2) is 9.37 Å². The van der Waals surface area contributed by atoms with Crippen LogP contribution < -0.4 is 10.5 Å². The highest BCUT2D eigenvalue weighted by Crippen LogP contribution is 2.34. The van der Waals surface area contributed by atoms with Crippen LogP contribution in [-0.4, -0.2) is 61.9 Å². The van der Waals surface area contributed by atoms with E-state index in [4.69, 9.17) is 4.98 Å². The number of H-pyrrole nitrogens is 1. The number of aryl methyl sites for hydroxylation is 1. The Morgan fingerprint density at radius 2 is 1.81 bits per heavy atom. The number of hydrogen-bond donors (Lipinski definition) is 1. The molecule has 2 saturated heterocycles. The minimum atomic E-state index is -0.580. The first kappa shape index (κ1) is 19.1. The molecule has 3 aliphatic rings. The summed E-state index contributed by atoms with van der Waals surface area (Å²) in [5, 5.41) is 8.11. The molecule has 2 aliphatic heterocycles. The van der Waals surface area contributed by atoms with E-state index in [2.05, 4.69) is 20.1 Å². The van der Waals surface area contributed by atoms with Gasteiger partial charge in [0.05, 0.1) is 18.1 Å². The minimum Gasteiger partial charge on any atom is -0.342 e. The highest BCUT2D eigenvalue weighted by molar-refractivity contribution is 5.98. The first-order valence-electron chi connectivity index (χ1n) is 10.9. The zero-order valence-electron chi connectivity index (χ0n) is 17.4. The summed E-state index contributed by atoms with van der Waals surface area (Å²) in [4.78, 5) is 38.4. The van der Waals surface area contributed by atoms with Crippen LogP contribution in [0.2, 0.25) is 0 Å². The molecular weight excluding hydrogens is 413 g/mol. The molecule has 0 saturated carbocycles. The summed E-state index contributed by atoms with van der Waals surface area (Å²) < 4.78 is 14.7. The lowest BCUT2D eigenvalue weighted by Gasteiger charge is -2.23. The lowest BCUT2D eigenvalue weighted by Crippen LogP contribution is -2.35. The molecule has 2 unspecified atom stereocenters. The van der Waals surface area contributed by atoms with Gasteiger partial charge in [0, 0.05) is 43.6 Å². The molecule has 9 nitrogen and oxygen atoms in total. The number of hydrogen-bond acceptors (Lipinski definition) is 6. The molecule has 0 spiro atoms. The van der Waals surface area contributed by atoms with Gasteiger partial charge < -0.3 is 9.80 Å². The number of carbonyl (C=O) groups is 1. The summed E-state index contributed by atoms with van der Waals surface area (Å²) in [6.07, 6.45) is 5.61. The molecule has 1 N–H and O–H groups in total. The van der Waals surface area contributed by atoms with Gasteiger partial charge in [-0.15, -0.1) is 0 Å². The van der Waals surface area contributed by atoms with Gasteiger partial charge in [0.25, 0.3) is 11.5 Å². The van der Waals surface area contributed by atoms with Gasteiger partial charge in [-0.05, 0) is 31.4 Å². The van der Waals surface area contributed by atoms with Gasteiger partial charge in [-0.1, -0.05) is 6.07 Å². The van der Waals surface area contributed by atoms with Crippen LogP contribution in [0.5, 0.6) is 0 Å². The van der Waals surface area contributed by atoms with E-state index in [-0.39, 0.29) is 28.9 Å².